The Kier molecular flexibility index (Phi) is 3.01. The van der Waals surface area contributed by atoms with Crippen molar-refractivity contribution >= 4 is 5.82 Å². The predicted molar refractivity (Wildman–Crippen MR) is 68.7 cm³/mol. The number of nitrogens with zero attached hydrogens (tertiary/aromatic N) is 5. The lowest BCUT2D eigenvalue weighted by atomic mass is 10.2. The average molecular weight is 289 g/mol. The predicted octanol–water partition coefficient (Wildman–Crippen LogP) is 1.32. The molecule has 1 aliphatic rings. The number of hydrogen-bond acceptors (Lipinski definition) is 7. The Bertz CT molecular complexity index is 703. The Labute approximate surface area is 119 Å². The van der Waals surface area contributed by atoms with Crippen LogP contribution in [0, 0.1) is 10.1 Å². The highest BCUT2D eigenvalue weighted by Gasteiger charge is 2.33. The maximum Gasteiger partial charge on any atom is 0.410 e. The molecule has 9 nitrogen and oxygen atoms in total. The number of hydrogen-bond donors (Lipinski definition) is 0. The van der Waals surface area contributed by atoms with Crippen molar-refractivity contribution in [1.29, 1.82) is 0 Å². The minimum absolute atomic E-state index is 0.213. The molecule has 1 aliphatic heterocycles. The van der Waals surface area contributed by atoms with E-state index in [4.69, 9.17) is 9.47 Å². The van der Waals surface area contributed by atoms with Gasteiger partial charge in [-0.15, -0.1) is 5.10 Å². The van der Waals surface area contributed by atoms with Crippen molar-refractivity contribution in [2.75, 3.05) is 0 Å². The summed E-state index contributed by atoms with van der Waals surface area (Å²) >= 11 is 0. The van der Waals surface area contributed by atoms with E-state index >= 15 is 0 Å². The van der Waals surface area contributed by atoms with E-state index in [-0.39, 0.29) is 12.4 Å². The zero-order chi connectivity index (χ0) is 14.9. The van der Waals surface area contributed by atoms with Gasteiger partial charge in [0.25, 0.3) is 5.79 Å². The van der Waals surface area contributed by atoms with Gasteiger partial charge in [-0.3, -0.25) is 0 Å². The molecular weight excluding hydrogens is 278 g/mol. The van der Waals surface area contributed by atoms with E-state index < -0.39 is 10.7 Å². The minimum Gasteiger partial charge on any atom is -0.452 e. The molecule has 0 fully saturated rings. The van der Waals surface area contributed by atoms with Gasteiger partial charge in [0.05, 0.1) is 10.8 Å². The van der Waals surface area contributed by atoms with Crippen molar-refractivity contribution < 1.29 is 14.4 Å². The smallest absolute Gasteiger partial charge is 0.410 e. The fourth-order valence-electron chi connectivity index (χ4n) is 1.88. The molecule has 0 unspecified atom stereocenters. The first-order valence-corrected chi connectivity index (χ1v) is 6.08. The number of ether oxygens (including phenoxy) is 2. The number of nitro groups is 1. The molecule has 0 bridgehead atoms. The van der Waals surface area contributed by atoms with Crippen LogP contribution in [0.5, 0.6) is 0 Å². The second-order valence-electron chi connectivity index (χ2n) is 4.46. The van der Waals surface area contributed by atoms with E-state index in [2.05, 4.69) is 15.2 Å². The van der Waals surface area contributed by atoms with Gasteiger partial charge in [-0.05, 0) is 17.1 Å². The molecular formula is C12H11N5O4. The van der Waals surface area contributed by atoms with Crippen LogP contribution >= 0.6 is 0 Å². The molecule has 108 valence electrons. The van der Waals surface area contributed by atoms with Gasteiger partial charge in [-0.25, -0.2) is 4.98 Å². The summed E-state index contributed by atoms with van der Waals surface area (Å²) in [6.45, 7) is 1.96. The number of pyridine rings is 1. The van der Waals surface area contributed by atoms with E-state index in [1.165, 1.54) is 17.3 Å². The molecule has 0 saturated heterocycles. The summed E-state index contributed by atoms with van der Waals surface area (Å²) in [5.74, 6) is -1.26. The van der Waals surface area contributed by atoms with Crippen molar-refractivity contribution in [2.24, 2.45) is 0 Å². The van der Waals surface area contributed by atoms with Crippen LogP contribution < -0.4 is 0 Å². The van der Waals surface area contributed by atoms with Gasteiger partial charge in [0, 0.05) is 6.92 Å². The first-order valence-electron chi connectivity index (χ1n) is 6.08. The molecule has 21 heavy (non-hydrogen) atoms. The topological polar surface area (TPSA) is 105 Å². The molecule has 2 aromatic heterocycles. The van der Waals surface area contributed by atoms with E-state index in [0.29, 0.717) is 11.4 Å². The van der Waals surface area contributed by atoms with Crippen molar-refractivity contribution in [3.8, 4) is 0 Å². The molecule has 0 N–H and O–H groups in total. The van der Waals surface area contributed by atoms with Crippen LogP contribution in [0.4, 0.5) is 5.82 Å². The number of aromatic nitrogens is 4. The Morgan fingerprint density at radius 1 is 1.38 bits per heavy atom. The summed E-state index contributed by atoms with van der Waals surface area (Å²) in [6, 6.07) is 5.34. The second kappa shape index (κ2) is 4.85. The van der Waals surface area contributed by atoms with Crippen LogP contribution in [0.1, 0.15) is 18.3 Å². The van der Waals surface area contributed by atoms with Gasteiger partial charge in [0.15, 0.2) is 6.20 Å². The zero-order valence-electron chi connectivity index (χ0n) is 11.0. The normalized spacial score (nSPS) is 15.5. The van der Waals surface area contributed by atoms with Crippen LogP contribution in [-0.4, -0.2) is 24.9 Å². The second-order valence-corrected chi connectivity index (χ2v) is 4.46. The van der Waals surface area contributed by atoms with Gasteiger partial charge in [0.2, 0.25) is 0 Å². The molecule has 0 spiro atoms. The van der Waals surface area contributed by atoms with Crippen LogP contribution in [0.25, 0.3) is 0 Å². The summed E-state index contributed by atoms with van der Waals surface area (Å²) < 4.78 is 10.7. The Morgan fingerprint density at radius 3 is 2.81 bits per heavy atom. The van der Waals surface area contributed by atoms with Gasteiger partial charge < -0.3 is 19.6 Å². The summed E-state index contributed by atoms with van der Waals surface area (Å²) in [6.07, 6.45) is 4.00. The molecule has 9 heteroatoms. The van der Waals surface area contributed by atoms with Crippen molar-refractivity contribution in [3.05, 3.63) is 58.4 Å². The molecule has 3 heterocycles. The Balaban J connectivity index is 1.81. The lowest BCUT2D eigenvalue weighted by molar-refractivity contribution is -0.389. The molecule has 0 aliphatic carbocycles. The SMILES string of the molecule is CC1(c2cccc(Cn3ncc([N+](=O)[O-])n3)n2)OC=CO1. The molecule has 0 amide bonds. The van der Waals surface area contributed by atoms with Crippen LogP contribution in [0.2, 0.25) is 0 Å². The fraction of sp³-hybridized carbons (Fsp3) is 0.250. The van der Waals surface area contributed by atoms with E-state index in [0.717, 1.165) is 6.20 Å². The van der Waals surface area contributed by atoms with Crippen LogP contribution in [0.15, 0.2) is 36.9 Å². The standard InChI is InChI=1S/C12H11N5O4/c1-12(20-5-6-21-12)10-4-2-3-9(14-10)8-16-13-7-11(15-16)17(18)19/h2-7H,8H2,1H3. The lowest BCUT2D eigenvalue weighted by Crippen LogP contribution is -2.24. The first kappa shape index (κ1) is 13.0. The average Bonchev–Trinajstić information content (AvgIpc) is 3.09. The lowest BCUT2D eigenvalue weighted by Gasteiger charge is -2.22. The molecule has 0 radical (unpaired) electrons. The summed E-state index contributed by atoms with van der Waals surface area (Å²) in [5.41, 5.74) is 1.23. The molecule has 0 atom stereocenters. The van der Waals surface area contributed by atoms with Crippen LogP contribution in [0.3, 0.4) is 0 Å². The first-order chi connectivity index (χ1) is 10.1. The third-order valence-electron chi connectivity index (χ3n) is 2.93. The molecule has 2 aromatic rings. The third-order valence-corrected chi connectivity index (χ3v) is 2.93. The van der Waals surface area contributed by atoms with Crippen LogP contribution in [-0.2, 0) is 21.8 Å². The van der Waals surface area contributed by atoms with Crippen molar-refractivity contribution in [3.63, 3.8) is 0 Å². The zero-order valence-corrected chi connectivity index (χ0v) is 11.0. The summed E-state index contributed by atoms with van der Waals surface area (Å²) in [4.78, 5) is 15.6. The summed E-state index contributed by atoms with van der Waals surface area (Å²) in [7, 11) is 0. The van der Waals surface area contributed by atoms with Gasteiger partial charge in [-0.2, -0.15) is 0 Å². The molecule has 0 aromatic carbocycles. The highest BCUT2D eigenvalue weighted by Crippen LogP contribution is 2.30. The maximum atomic E-state index is 10.6. The minimum atomic E-state index is -0.959. The molecule has 0 saturated carbocycles. The van der Waals surface area contributed by atoms with Gasteiger partial charge in [-0.1, -0.05) is 10.9 Å². The van der Waals surface area contributed by atoms with E-state index in [9.17, 15) is 10.1 Å². The van der Waals surface area contributed by atoms with Crippen molar-refractivity contribution in [2.45, 2.75) is 19.3 Å². The third kappa shape index (κ3) is 2.53. The van der Waals surface area contributed by atoms with E-state index in [1.807, 2.05) is 0 Å². The fourth-order valence-corrected chi connectivity index (χ4v) is 1.88. The van der Waals surface area contributed by atoms with E-state index in [1.54, 1.807) is 25.1 Å². The number of rotatable bonds is 4. The molecule has 3 rings (SSSR count). The van der Waals surface area contributed by atoms with Crippen molar-refractivity contribution in [1.82, 2.24) is 20.0 Å². The monoisotopic (exact) mass is 289 g/mol. The van der Waals surface area contributed by atoms with Gasteiger partial charge >= 0.3 is 5.82 Å². The Hall–Kier alpha value is -2.97. The highest BCUT2D eigenvalue weighted by atomic mass is 16.7. The largest absolute Gasteiger partial charge is 0.452 e. The maximum absolute atomic E-state index is 10.6. The quantitative estimate of drug-likeness (QED) is 0.617. The van der Waals surface area contributed by atoms with Gasteiger partial charge in [0.1, 0.15) is 24.8 Å². The Morgan fingerprint density at radius 2 is 2.14 bits per heavy atom. The highest BCUT2D eigenvalue weighted by molar-refractivity contribution is 5.17. The summed E-state index contributed by atoms with van der Waals surface area (Å²) in [5, 5.41) is 18.1.